The van der Waals surface area contributed by atoms with Crippen LogP contribution in [0.15, 0.2) is 58.5 Å². The zero-order valence-corrected chi connectivity index (χ0v) is 30.2. The molecule has 0 amide bonds. The molecule has 0 bridgehead atoms. The number of nitrogens with two attached hydrogens (primary N) is 2. The number of nitrogens with zero attached hydrogens (tertiary/aromatic N) is 7. The highest BCUT2D eigenvalue weighted by Gasteiger charge is 2.18. The smallest absolute Gasteiger partial charge is 0.254 e. The van der Waals surface area contributed by atoms with Crippen molar-refractivity contribution in [3.8, 4) is 0 Å². The van der Waals surface area contributed by atoms with E-state index in [0.29, 0.717) is 54.3 Å². The van der Waals surface area contributed by atoms with Crippen molar-refractivity contribution < 1.29 is 0 Å². The van der Waals surface area contributed by atoms with Crippen LogP contribution in [0.1, 0.15) is 31.2 Å². The molecule has 2 aromatic heterocycles. The van der Waals surface area contributed by atoms with Gasteiger partial charge in [0.1, 0.15) is 11.0 Å². The minimum atomic E-state index is 0.116. The number of piperidine rings is 1. The second-order valence-corrected chi connectivity index (χ2v) is 12.7. The summed E-state index contributed by atoms with van der Waals surface area (Å²) in [6, 6.07) is 14.1. The molecule has 0 atom stereocenters. The zero-order chi connectivity index (χ0) is 34.8. The van der Waals surface area contributed by atoms with Crippen molar-refractivity contribution in [3.63, 3.8) is 0 Å². The predicted molar refractivity (Wildman–Crippen MR) is 200 cm³/mol. The number of rotatable bonds is 7. The summed E-state index contributed by atoms with van der Waals surface area (Å²) in [6.07, 6.45) is 2.19. The molecular weight excluding hydrogens is 718 g/mol. The molecule has 12 nitrogen and oxygen atoms in total. The number of aryl methyl sites for hydroxylation is 2. The Kier molecular flexibility index (Phi) is 13.7. The van der Waals surface area contributed by atoms with Crippen molar-refractivity contribution in [1.29, 1.82) is 0 Å². The predicted octanol–water partition coefficient (Wildman–Crippen LogP) is 7.85. The number of aliphatic imine (C=N–C) groups is 2. The largest absolute Gasteiger partial charge is 0.369 e. The first-order chi connectivity index (χ1) is 22.9. The lowest BCUT2D eigenvalue weighted by Gasteiger charge is -2.31. The molecule has 1 saturated heterocycles. The van der Waals surface area contributed by atoms with Gasteiger partial charge in [-0.1, -0.05) is 64.9 Å². The minimum absolute atomic E-state index is 0.116. The highest BCUT2D eigenvalue weighted by molar-refractivity contribution is 6.42. The monoisotopic (exact) mass is 750 g/mol. The number of anilines is 3. The first-order valence-electron chi connectivity index (χ1n) is 14.8. The van der Waals surface area contributed by atoms with Gasteiger partial charge in [-0.15, -0.1) is 0 Å². The van der Waals surface area contributed by atoms with E-state index in [2.05, 4.69) is 57.7 Å². The number of aromatic nitrogens is 4. The van der Waals surface area contributed by atoms with Crippen LogP contribution in [-0.4, -0.2) is 62.4 Å². The maximum atomic E-state index is 6.02. The molecule has 254 valence electrons. The van der Waals surface area contributed by atoms with Crippen LogP contribution in [0.3, 0.4) is 0 Å². The third kappa shape index (κ3) is 11.8. The molecule has 1 aliphatic rings. The molecule has 0 saturated carbocycles. The van der Waals surface area contributed by atoms with Crippen LogP contribution in [0.5, 0.6) is 0 Å². The van der Waals surface area contributed by atoms with E-state index in [1.54, 1.807) is 49.4 Å². The maximum absolute atomic E-state index is 6.02. The molecule has 1 aliphatic heterocycles. The Balaban J connectivity index is 0.000000229. The van der Waals surface area contributed by atoms with Crippen LogP contribution >= 0.6 is 58.0 Å². The summed E-state index contributed by atoms with van der Waals surface area (Å²) < 4.78 is 0. The molecule has 7 N–H and O–H groups in total. The quantitative estimate of drug-likeness (QED) is 0.0713. The molecule has 1 fully saturated rings. The van der Waals surface area contributed by atoms with Crippen molar-refractivity contribution >= 4 is 99.0 Å². The molecule has 48 heavy (non-hydrogen) atoms. The van der Waals surface area contributed by atoms with Crippen molar-refractivity contribution in [1.82, 2.24) is 24.8 Å². The van der Waals surface area contributed by atoms with Gasteiger partial charge in [-0.05, 0) is 75.7 Å². The van der Waals surface area contributed by atoms with Crippen molar-refractivity contribution in [3.05, 3.63) is 85.2 Å². The first-order valence-corrected chi connectivity index (χ1v) is 16.7. The fourth-order valence-electron chi connectivity index (χ4n) is 4.56. The van der Waals surface area contributed by atoms with Crippen molar-refractivity contribution in [2.45, 2.75) is 39.7 Å². The van der Waals surface area contributed by atoms with Crippen molar-refractivity contribution in [2.24, 2.45) is 21.5 Å². The number of nitrogens with one attached hydrogen (secondary N) is 3. The lowest BCUT2D eigenvalue weighted by atomic mass is 10.1. The van der Waals surface area contributed by atoms with E-state index in [4.69, 9.17) is 69.5 Å². The number of benzene rings is 2. The average Bonchev–Trinajstić information content (AvgIpc) is 3.00. The topological polar surface area (TPSA) is 168 Å². The molecule has 0 radical (unpaired) electrons. The molecule has 5 rings (SSSR count). The number of likely N-dealkylation sites (tertiary alicyclic amines) is 1. The second-order valence-electron chi connectivity index (χ2n) is 10.7. The summed E-state index contributed by atoms with van der Waals surface area (Å²) in [7, 11) is 0. The summed E-state index contributed by atoms with van der Waals surface area (Å²) >= 11 is 29.5. The summed E-state index contributed by atoms with van der Waals surface area (Å²) in [5, 5.41) is 11.4. The van der Waals surface area contributed by atoms with E-state index >= 15 is 0 Å². The first kappa shape index (κ1) is 37.2. The van der Waals surface area contributed by atoms with E-state index in [-0.39, 0.29) is 17.9 Å². The van der Waals surface area contributed by atoms with Gasteiger partial charge in [-0.25, -0.2) is 9.97 Å². The van der Waals surface area contributed by atoms with Crippen LogP contribution in [-0.2, 0) is 0 Å². The Morgan fingerprint density at radius 3 is 1.71 bits per heavy atom. The standard InChI is InChI=1S/C19H25Cl2N7.C12H10Cl3N5/c1-3-28-8-6-13(7-9-28)24-17-10-12(2)23-19(26-17)27-18(22)25-14-4-5-15(20)16(21)11-14;1-6-4-10(15)19-12(17-6)20-11(16)18-7-2-3-8(13)9(14)5-7/h4-5,10-11,13H,3,6-9H2,1-2H3,(H4,22,23,24,25,26,27);2-5H,1H3,(H3,16,17,18,19,20). The third-order valence-corrected chi connectivity index (χ3v) is 8.54. The van der Waals surface area contributed by atoms with Crippen LogP contribution in [0, 0.1) is 13.8 Å². The van der Waals surface area contributed by atoms with Gasteiger partial charge in [0, 0.05) is 48.0 Å². The zero-order valence-electron chi connectivity index (χ0n) is 26.4. The highest BCUT2D eigenvalue weighted by atomic mass is 35.5. The van der Waals surface area contributed by atoms with Crippen LogP contribution in [0.4, 0.5) is 29.1 Å². The Hall–Kier alpha value is -3.65. The number of hydrogen-bond donors (Lipinski definition) is 5. The Labute approximate surface area is 304 Å². The SMILES string of the molecule is CCN1CCC(Nc2cc(C)nc(N=C(N)Nc3ccc(Cl)c(Cl)c3)n2)CC1.Cc1cc(Cl)nc(N=C(N)Nc2ccc(Cl)c(Cl)c2)n1. The second kappa shape index (κ2) is 17.7. The van der Waals surface area contributed by atoms with Crippen LogP contribution in [0.2, 0.25) is 25.2 Å². The average molecular weight is 753 g/mol. The van der Waals surface area contributed by atoms with Gasteiger partial charge in [0.05, 0.1) is 20.1 Å². The van der Waals surface area contributed by atoms with E-state index in [9.17, 15) is 0 Å². The number of hydrogen-bond acceptors (Lipinski definition) is 8. The molecule has 0 unspecified atom stereocenters. The Morgan fingerprint density at radius 2 is 1.23 bits per heavy atom. The van der Waals surface area contributed by atoms with Crippen molar-refractivity contribution in [2.75, 3.05) is 35.6 Å². The maximum Gasteiger partial charge on any atom is 0.254 e. The minimum Gasteiger partial charge on any atom is -0.369 e. The Bertz CT molecular complexity index is 1760. The van der Waals surface area contributed by atoms with Gasteiger partial charge >= 0.3 is 0 Å². The normalized spacial score (nSPS) is 14.2. The van der Waals surface area contributed by atoms with Gasteiger partial charge < -0.3 is 32.3 Å². The van der Waals surface area contributed by atoms with Gasteiger partial charge in [0.15, 0.2) is 0 Å². The molecule has 17 heteroatoms. The molecule has 0 spiro atoms. The van der Waals surface area contributed by atoms with Gasteiger partial charge in [-0.3, -0.25) is 0 Å². The lowest BCUT2D eigenvalue weighted by molar-refractivity contribution is 0.229. The summed E-state index contributed by atoms with van der Waals surface area (Å²) in [5.74, 6) is 1.54. The number of guanidine groups is 2. The van der Waals surface area contributed by atoms with Crippen LogP contribution < -0.4 is 27.4 Å². The third-order valence-electron chi connectivity index (χ3n) is 6.87. The molecule has 3 heterocycles. The van der Waals surface area contributed by atoms with Gasteiger partial charge in [0.25, 0.3) is 11.9 Å². The van der Waals surface area contributed by atoms with E-state index in [0.717, 1.165) is 44.0 Å². The Morgan fingerprint density at radius 1 is 0.729 bits per heavy atom. The van der Waals surface area contributed by atoms with Gasteiger partial charge in [-0.2, -0.15) is 20.0 Å². The lowest BCUT2D eigenvalue weighted by Crippen LogP contribution is -2.39. The summed E-state index contributed by atoms with van der Waals surface area (Å²) in [5.41, 5.74) is 14.6. The fraction of sp³-hybridized carbons (Fsp3) is 0.290. The van der Waals surface area contributed by atoms with E-state index < -0.39 is 0 Å². The van der Waals surface area contributed by atoms with E-state index in [1.165, 1.54) is 0 Å². The fourth-order valence-corrected chi connectivity index (χ4v) is 5.39. The highest BCUT2D eigenvalue weighted by Crippen LogP contribution is 2.26. The van der Waals surface area contributed by atoms with E-state index in [1.807, 2.05) is 13.0 Å². The van der Waals surface area contributed by atoms with Crippen LogP contribution in [0.25, 0.3) is 0 Å². The molecule has 4 aromatic rings. The molecular formula is C31H35Cl5N12. The summed E-state index contributed by atoms with van der Waals surface area (Å²) in [6.45, 7) is 9.20. The summed E-state index contributed by atoms with van der Waals surface area (Å²) in [4.78, 5) is 27.6. The molecule has 0 aliphatic carbocycles. The number of halogens is 5. The van der Waals surface area contributed by atoms with Gasteiger partial charge in [0.2, 0.25) is 11.9 Å². The molecule has 2 aromatic carbocycles.